The van der Waals surface area contributed by atoms with Gasteiger partial charge in [0.05, 0.1) is 3.79 Å². The minimum absolute atomic E-state index is 0.196. The van der Waals surface area contributed by atoms with E-state index in [1.807, 2.05) is 4.90 Å². The van der Waals surface area contributed by atoms with E-state index in [9.17, 15) is 4.79 Å². The van der Waals surface area contributed by atoms with Crippen molar-refractivity contribution in [1.29, 1.82) is 0 Å². The summed E-state index contributed by atoms with van der Waals surface area (Å²) in [5, 5.41) is 5.78. The van der Waals surface area contributed by atoms with Crippen LogP contribution in [-0.2, 0) is 11.3 Å². The van der Waals surface area contributed by atoms with Gasteiger partial charge in [0.2, 0.25) is 5.91 Å². The van der Waals surface area contributed by atoms with Crippen LogP contribution in [0.1, 0.15) is 25.8 Å². The Hall–Kier alpha value is -0.390. The fourth-order valence-electron chi connectivity index (χ4n) is 2.42. The van der Waals surface area contributed by atoms with Crippen LogP contribution in [0.3, 0.4) is 0 Å². The molecule has 0 saturated carbocycles. The molecule has 1 aromatic rings. The molecule has 0 aliphatic carbocycles. The van der Waals surface area contributed by atoms with Crippen LogP contribution in [0.5, 0.6) is 0 Å². The third-order valence-corrected chi connectivity index (χ3v) is 5.09. The van der Waals surface area contributed by atoms with Gasteiger partial charge in [-0.1, -0.05) is 6.92 Å². The van der Waals surface area contributed by atoms with Gasteiger partial charge in [-0.05, 0) is 45.3 Å². The summed E-state index contributed by atoms with van der Waals surface area (Å²) in [4.78, 5) is 13.3. The summed E-state index contributed by atoms with van der Waals surface area (Å²) in [7, 11) is 0. The predicted octanol–water partition coefficient (Wildman–Crippen LogP) is 2.86. The van der Waals surface area contributed by atoms with Crippen LogP contribution in [0.2, 0.25) is 0 Å². The zero-order valence-electron chi connectivity index (χ0n) is 10.8. The minimum atomic E-state index is 0.196. The second-order valence-electron chi connectivity index (χ2n) is 4.98. The molecule has 0 unspecified atom stereocenters. The van der Waals surface area contributed by atoms with Gasteiger partial charge in [0, 0.05) is 32.6 Å². The summed E-state index contributed by atoms with van der Waals surface area (Å²) >= 11 is 5.20. The number of hydrogen-bond donors (Lipinski definition) is 1. The quantitative estimate of drug-likeness (QED) is 0.924. The molecule has 1 aromatic heterocycles. The molecule has 5 heteroatoms. The lowest BCUT2D eigenvalue weighted by Crippen LogP contribution is -2.49. The van der Waals surface area contributed by atoms with Gasteiger partial charge in [0.25, 0.3) is 0 Å². The molecule has 0 bridgehead atoms. The number of hydrogen-bond acceptors (Lipinski definition) is 3. The molecule has 1 saturated heterocycles. The largest absolute Gasteiger partial charge is 0.343 e. The molecular weight excluding hydrogens is 312 g/mol. The fraction of sp³-hybridized carbons (Fsp3) is 0.615. The summed E-state index contributed by atoms with van der Waals surface area (Å²) in [5.74, 6) is 0.715. The van der Waals surface area contributed by atoms with Crippen LogP contribution >= 0.6 is 27.3 Å². The van der Waals surface area contributed by atoms with Crippen molar-refractivity contribution in [1.82, 2.24) is 10.2 Å². The molecule has 2 atom stereocenters. The predicted molar refractivity (Wildman–Crippen MR) is 78.7 cm³/mol. The molecular formula is C13H19BrN2OS. The Morgan fingerprint density at radius 1 is 1.67 bits per heavy atom. The molecule has 1 fully saturated rings. The van der Waals surface area contributed by atoms with Crippen LogP contribution < -0.4 is 5.32 Å². The molecule has 0 radical (unpaired) electrons. The first-order valence-electron chi connectivity index (χ1n) is 6.28. The SMILES string of the molecule is CC(=O)N1CC[C@H](NCc2csc(Br)c2)[C@H](C)C1. The van der Waals surface area contributed by atoms with Crippen molar-refractivity contribution in [3.05, 3.63) is 20.8 Å². The Labute approximate surface area is 121 Å². The average molecular weight is 331 g/mol. The Balaban J connectivity index is 1.82. The first-order chi connectivity index (χ1) is 8.56. The summed E-state index contributed by atoms with van der Waals surface area (Å²) in [6.07, 6.45) is 1.05. The second kappa shape index (κ2) is 6.17. The monoisotopic (exact) mass is 330 g/mol. The molecule has 2 heterocycles. The van der Waals surface area contributed by atoms with Crippen molar-refractivity contribution in [2.45, 2.75) is 32.9 Å². The molecule has 1 aliphatic rings. The normalized spacial score (nSPS) is 24.3. The zero-order valence-corrected chi connectivity index (χ0v) is 13.2. The van der Waals surface area contributed by atoms with E-state index in [2.05, 4.69) is 39.6 Å². The van der Waals surface area contributed by atoms with E-state index < -0.39 is 0 Å². The Bertz CT molecular complexity index is 421. The summed E-state index contributed by atoms with van der Waals surface area (Å²) in [6, 6.07) is 2.67. The topological polar surface area (TPSA) is 32.3 Å². The summed E-state index contributed by atoms with van der Waals surface area (Å²) in [6.45, 7) is 6.54. The number of likely N-dealkylation sites (tertiary alicyclic amines) is 1. The van der Waals surface area contributed by atoms with E-state index in [1.54, 1.807) is 18.3 Å². The number of carbonyl (C=O) groups excluding carboxylic acids is 1. The Morgan fingerprint density at radius 2 is 2.44 bits per heavy atom. The maximum Gasteiger partial charge on any atom is 0.219 e. The van der Waals surface area contributed by atoms with E-state index in [4.69, 9.17) is 0 Å². The standard InChI is InChI=1S/C13H19BrN2OS/c1-9-7-16(10(2)17)4-3-12(9)15-6-11-5-13(14)18-8-11/h5,8-9,12,15H,3-4,6-7H2,1-2H3/t9-,12+/m1/s1. The molecule has 18 heavy (non-hydrogen) atoms. The highest BCUT2D eigenvalue weighted by atomic mass is 79.9. The van der Waals surface area contributed by atoms with Crippen LogP contribution in [0.15, 0.2) is 15.2 Å². The summed E-state index contributed by atoms with van der Waals surface area (Å²) < 4.78 is 1.18. The molecule has 1 amide bonds. The molecule has 1 N–H and O–H groups in total. The molecule has 1 aliphatic heterocycles. The maximum absolute atomic E-state index is 11.3. The number of rotatable bonds is 3. The average Bonchev–Trinajstić information content (AvgIpc) is 2.73. The van der Waals surface area contributed by atoms with E-state index >= 15 is 0 Å². The van der Waals surface area contributed by atoms with Crippen LogP contribution in [0.4, 0.5) is 0 Å². The highest BCUT2D eigenvalue weighted by Gasteiger charge is 2.26. The van der Waals surface area contributed by atoms with Gasteiger partial charge >= 0.3 is 0 Å². The van der Waals surface area contributed by atoms with Gasteiger partial charge in [-0.15, -0.1) is 11.3 Å². The van der Waals surface area contributed by atoms with Gasteiger partial charge in [0.1, 0.15) is 0 Å². The van der Waals surface area contributed by atoms with E-state index in [0.29, 0.717) is 12.0 Å². The summed E-state index contributed by atoms with van der Waals surface area (Å²) in [5.41, 5.74) is 1.33. The van der Waals surface area contributed by atoms with Crippen molar-refractivity contribution < 1.29 is 4.79 Å². The fourth-order valence-corrected chi connectivity index (χ4v) is 3.63. The lowest BCUT2D eigenvalue weighted by atomic mass is 9.93. The smallest absolute Gasteiger partial charge is 0.219 e. The highest BCUT2D eigenvalue weighted by molar-refractivity contribution is 9.11. The van der Waals surface area contributed by atoms with E-state index in [1.165, 1.54) is 9.35 Å². The number of nitrogens with zero attached hydrogens (tertiary/aromatic N) is 1. The van der Waals surface area contributed by atoms with Crippen molar-refractivity contribution in [2.75, 3.05) is 13.1 Å². The van der Waals surface area contributed by atoms with Gasteiger partial charge in [-0.25, -0.2) is 0 Å². The zero-order chi connectivity index (χ0) is 13.1. The number of amides is 1. The number of carbonyl (C=O) groups is 1. The van der Waals surface area contributed by atoms with E-state index in [-0.39, 0.29) is 5.91 Å². The second-order valence-corrected chi connectivity index (χ2v) is 7.27. The van der Waals surface area contributed by atoms with Crippen molar-refractivity contribution in [2.24, 2.45) is 5.92 Å². The first kappa shape index (κ1) is 14.0. The molecule has 3 nitrogen and oxygen atoms in total. The Morgan fingerprint density at radius 3 is 3.00 bits per heavy atom. The molecule has 0 aromatic carbocycles. The van der Waals surface area contributed by atoms with Crippen LogP contribution in [-0.4, -0.2) is 29.9 Å². The third-order valence-electron chi connectivity index (χ3n) is 3.54. The molecule has 0 spiro atoms. The molecule has 2 rings (SSSR count). The van der Waals surface area contributed by atoms with Gasteiger partial charge in [0.15, 0.2) is 0 Å². The highest BCUT2D eigenvalue weighted by Crippen LogP contribution is 2.22. The van der Waals surface area contributed by atoms with E-state index in [0.717, 1.165) is 26.1 Å². The van der Waals surface area contributed by atoms with Gasteiger partial charge < -0.3 is 10.2 Å². The van der Waals surface area contributed by atoms with Crippen molar-refractivity contribution in [3.63, 3.8) is 0 Å². The Kier molecular flexibility index (Phi) is 4.81. The third kappa shape index (κ3) is 3.56. The van der Waals surface area contributed by atoms with Crippen LogP contribution in [0.25, 0.3) is 0 Å². The maximum atomic E-state index is 11.3. The lowest BCUT2D eigenvalue weighted by molar-refractivity contribution is -0.130. The molecule has 100 valence electrons. The first-order valence-corrected chi connectivity index (χ1v) is 7.95. The number of piperidine rings is 1. The minimum Gasteiger partial charge on any atom is -0.343 e. The lowest BCUT2D eigenvalue weighted by Gasteiger charge is -2.37. The number of halogens is 1. The van der Waals surface area contributed by atoms with Gasteiger partial charge in [-0.3, -0.25) is 4.79 Å². The van der Waals surface area contributed by atoms with Crippen molar-refractivity contribution >= 4 is 33.2 Å². The number of thiophene rings is 1. The van der Waals surface area contributed by atoms with Gasteiger partial charge in [-0.2, -0.15) is 0 Å². The number of nitrogens with one attached hydrogen (secondary N) is 1. The van der Waals surface area contributed by atoms with Crippen LogP contribution in [0, 0.1) is 5.92 Å². The van der Waals surface area contributed by atoms with Crippen molar-refractivity contribution in [3.8, 4) is 0 Å².